The Morgan fingerprint density at radius 2 is 1.58 bits per heavy atom. The van der Waals surface area contributed by atoms with Crippen molar-refractivity contribution < 1.29 is 14.6 Å². The van der Waals surface area contributed by atoms with Crippen molar-refractivity contribution in [2.45, 2.75) is 31.3 Å². The van der Waals surface area contributed by atoms with Gasteiger partial charge in [-0.3, -0.25) is 4.90 Å². The van der Waals surface area contributed by atoms with Gasteiger partial charge in [0.05, 0.1) is 12.7 Å². The number of ether oxygens (including phenoxy) is 1. The normalized spacial score (nSPS) is 18.9. The first kappa shape index (κ1) is 24.6. The van der Waals surface area contributed by atoms with Crippen molar-refractivity contribution >= 4 is 39.9 Å². The van der Waals surface area contributed by atoms with Gasteiger partial charge >= 0.3 is 5.97 Å². The van der Waals surface area contributed by atoms with Gasteiger partial charge in [0.1, 0.15) is 5.75 Å². The number of nitrogens with zero attached hydrogens (tertiary/aromatic N) is 1. The molecular formula is C30H27Cl2NO3. The molecule has 3 atom stereocenters. The number of aromatic carboxylic acids is 1. The number of benzene rings is 4. The van der Waals surface area contributed by atoms with Crippen molar-refractivity contribution in [1.29, 1.82) is 0 Å². The number of fused-ring (bicyclic) bond motifs is 1. The van der Waals surface area contributed by atoms with Crippen LogP contribution >= 0.6 is 23.2 Å². The zero-order valence-electron chi connectivity index (χ0n) is 20.1. The van der Waals surface area contributed by atoms with Crippen LogP contribution in [0.2, 0.25) is 10.0 Å². The number of hydrogen-bond donors (Lipinski definition) is 1. The summed E-state index contributed by atoms with van der Waals surface area (Å²) in [4.78, 5) is 13.8. The molecule has 0 aromatic heterocycles. The molecule has 4 nitrogen and oxygen atoms in total. The zero-order valence-corrected chi connectivity index (χ0v) is 21.6. The van der Waals surface area contributed by atoms with Crippen LogP contribution in [0.1, 0.15) is 58.4 Å². The second-order valence-corrected chi connectivity index (χ2v) is 10.3. The van der Waals surface area contributed by atoms with E-state index in [-0.39, 0.29) is 18.0 Å². The highest BCUT2D eigenvalue weighted by atomic mass is 35.5. The third kappa shape index (κ3) is 4.94. The van der Waals surface area contributed by atoms with Crippen LogP contribution in [0.25, 0.3) is 10.8 Å². The van der Waals surface area contributed by atoms with Crippen molar-refractivity contribution in [3.63, 3.8) is 0 Å². The van der Waals surface area contributed by atoms with E-state index < -0.39 is 5.97 Å². The molecule has 0 saturated carbocycles. The molecule has 0 spiro atoms. The van der Waals surface area contributed by atoms with E-state index in [0.29, 0.717) is 15.6 Å². The number of likely N-dealkylation sites (tertiary alicyclic amines) is 1. The maximum absolute atomic E-state index is 11.3. The van der Waals surface area contributed by atoms with Gasteiger partial charge in [0.25, 0.3) is 0 Å². The van der Waals surface area contributed by atoms with Gasteiger partial charge in [-0.1, -0.05) is 53.5 Å². The number of rotatable bonds is 6. The van der Waals surface area contributed by atoms with Gasteiger partial charge in [-0.05, 0) is 95.3 Å². The molecule has 4 aromatic carbocycles. The number of methoxy groups -OCH3 is 1. The Morgan fingerprint density at radius 3 is 2.25 bits per heavy atom. The van der Waals surface area contributed by atoms with Crippen LogP contribution in [-0.4, -0.2) is 29.6 Å². The van der Waals surface area contributed by atoms with Crippen LogP contribution in [0.5, 0.6) is 5.75 Å². The maximum atomic E-state index is 11.3. The summed E-state index contributed by atoms with van der Waals surface area (Å²) >= 11 is 12.7. The fourth-order valence-electron chi connectivity index (χ4n) is 5.34. The van der Waals surface area contributed by atoms with Gasteiger partial charge in [0.2, 0.25) is 0 Å². The smallest absolute Gasteiger partial charge is 0.335 e. The molecule has 0 amide bonds. The summed E-state index contributed by atoms with van der Waals surface area (Å²) in [5, 5.41) is 12.9. The first-order chi connectivity index (χ1) is 17.3. The molecule has 5 rings (SSSR count). The summed E-state index contributed by atoms with van der Waals surface area (Å²) in [7, 11) is 1.68. The fourth-order valence-corrected chi connectivity index (χ4v) is 5.88. The van der Waals surface area contributed by atoms with Crippen LogP contribution in [0.15, 0.2) is 78.9 Å². The van der Waals surface area contributed by atoms with E-state index in [1.165, 1.54) is 10.9 Å². The average molecular weight is 520 g/mol. The van der Waals surface area contributed by atoms with Crippen molar-refractivity contribution in [2.24, 2.45) is 0 Å². The van der Waals surface area contributed by atoms with Gasteiger partial charge in [0, 0.05) is 28.7 Å². The van der Waals surface area contributed by atoms with Crippen LogP contribution in [-0.2, 0) is 0 Å². The Labute approximate surface area is 221 Å². The molecule has 1 N–H and O–H groups in total. The summed E-state index contributed by atoms with van der Waals surface area (Å²) in [6.45, 7) is 3.02. The largest absolute Gasteiger partial charge is 0.497 e. The summed E-state index contributed by atoms with van der Waals surface area (Å²) in [6, 6.07) is 26.0. The predicted octanol–water partition coefficient (Wildman–Crippen LogP) is 8.15. The van der Waals surface area contributed by atoms with Crippen molar-refractivity contribution in [2.75, 3.05) is 13.7 Å². The Kier molecular flexibility index (Phi) is 6.94. The molecule has 1 unspecified atom stereocenters. The molecule has 0 bridgehead atoms. The lowest BCUT2D eigenvalue weighted by Gasteiger charge is -2.31. The fraction of sp³-hybridized carbons (Fsp3) is 0.233. The minimum Gasteiger partial charge on any atom is -0.497 e. The molecular weight excluding hydrogens is 493 g/mol. The van der Waals surface area contributed by atoms with E-state index in [0.717, 1.165) is 35.2 Å². The second kappa shape index (κ2) is 10.1. The number of carboxylic acids is 1. The van der Waals surface area contributed by atoms with Crippen molar-refractivity contribution in [3.8, 4) is 5.75 Å². The highest BCUT2D eigenvalue weighted by Gasteiger charge is 2.37. The Bertz CT molecular complexity index is 1400. The molecule has 36 heavy (non-hydrogen) atoms. The lowest BCUT2D eigenvalue weighted by molar-refractivity contribution is 0.0697. The monoisotopic (exact) mass is 519 g/mol. The first-order valence-corrected chi connectivity index (χ1v) is 12.7. The summed E-state index contributed by atoms with van der Waals surface area (Å²) in [6.07, 6.45) is 0.926. The molecule has 0 radical (unpaired) electrons. The van der Waals surface area contributed by atoms with Crippen molar-refractivity contribution in [1.82, 2.24) is 4.90 Å². The second-order valence-electron chi connectivity index (χ2n) is 9.42. The van der Waals surface area contributed by atoms with Gasteiger partial charge in [-0.15, -0.1) is 0 Å². The highest BCUT2D eigenvalue weighted by molar-refractivity contribution is 6.34. The lowest BCUT2D eigenvalue weighted by atomic mass is 9.93. The Morgan fingerprint density at radius 1 is 0.917 bits per heavy atom. The van der Waals surface area contributed by atoms with Gasteiger partial charge < -0.3 is 9.84 Å². The third-order valence-electron chi connectivity index (χ3n) is 7.29. The number of halogens is 2. The molecule has 1 aliphatic heterocycles. The minimum absolute atomic E-state index is 0.0871. The van der Waals surface area contributed by atoms with Crippen molar-refractivity contribution in [3.05, 3.63) is 111 Å². The minimum atomic E-state index is -0.918. The average Bonchev–Trinajstić information content (AvgIpc) is 3.33. The molecule has 1 aliphatic rings. The lowest BCUT2D eigenvalue weighted by Crippen LogP contribution is -2.27. The number of hydrogen-bond acceptors (Lipinski definition) is 3. The summed E-state index contributed by atoms with van der Waals surface area (Å²) < 4.78 is 5.39. The summed E-state index contributed by atoms with van der Waals surface area (Å²) in [5.74, 6) is 0.187. The molecule has 1 saturated heterocycles. The standard InChI is InChI=1S/C30H27Cl2NO3/c1-18(19-3-5-20(6-4-19)30(34)35)33-17-25(24-12-26(31)16-27(32)13-24)15-29(33)23-8-7-22-14-28(36-2)10-9-21(22)11-23/h3-14,16,18,25,29H,15,17H2,1-2H3,(H,34,35)/t18?,25-,29+/m0/s1. The highest BCUT2D eigenvalue weighted by Crippen LogP contribution is 2.46. The Hall–Kier alpha value is -3.05. The van der Waals surface area contributed by atoms with E-state index in [4.69, 9.17) is 27.9 Å². The van der Waals surface area contributed by atoms with E-state index in [2.05, 4.69) is 42.2 Å². The van der Waals surface area contributed by atoms with Crippen LogP contribution in [0.3, 0.4) is 0 Å². The van der Waals surface area contributed by atoms with Gasteiger partial charge in [-0.25, -0.2) is 4.79 Å². The molecule has 6 heteroatoms. The van der Waals surface area contributed by atoms with E-state index in [1.807, 2.05) is 30.3 Å². The third-order valence-corrected chi connectivity index (χ3v) is 7.73. The maximum Gasteiger partial charge on any atom is 0.335 e. The first-order valence-electron chi connectivity index (χ1n) is 11.9. The van der Waals surface area contributed by atoms with E-state index in [1.54, 1.807) is 25.3 Å². The summed E-state index contributed by atoms with van der Waals surface area (Å²) in [5.41, 5.74) is 3.76. The zero-order chi connectivity index (χ0) is 25.4. The van der Waals surface area contributed by atoms with Gasteiger partial charge in [-0.2, -0.15) is 0 Å². The van der Waals surface area contributed by atoms with Crippen LogP contribution < -0.4 is 4.74 Å². The quantitative estimate of drug-likeness (QED) is 0.279. The molecule has 4 aromatic rings. The number of carboxylic acid groups (broad SMARTS) is 1. The predicted molar refractivity (Wildman–Crippen MR) is 146 cm³/mol. The van der Waals surface area contributed by atoms with Crippen LogP contribution in [0.4, 0.5) is 0 Å². The molecule has 0 aliphatic carbocycles. The van der Waals surface area contributed by atoms with Gasteiger partial charge in [0.15, 0.2) is 0 Å². The topological polar surface area (TPSA) is 49.8 Å². The number of carbonyl (C=O) groups is 1. The Balaban J connectivity index is 1.52. The van der Waals surface area contributed by atoms with E-state index >= 15 is 0 Å². The molecule has 1 fully saturated rings. The molecule has 184 valence electrons. The van der Waals surface area contributed by atoms with Crippen LogP contribution in [0, 0.1) is 0 Å². The SMILES string of the molecule is COc1ccc2cc([C@H]3C[C@H](c4cc(Cl)cc(Cl)c4)CN3C(C)c3ccc(C(=O)O)cc3)ccc2c1. The molecule has 1 heterocycles. The van der Waals surface area contributed by atoms with E-state index in [9.17, 15) is 9.90 Å².